The van der Waals surface area contributed by atoms with E-state index in [-0.39, 0.29) is 6.61 Å². The molecule has 0 unspecified atom stereocenters. The van der Waals surface area contributed by atoms with Crippen molar-refractivity contribution in [3.8, 4) is 0 Å². The Kier molecular flexibility index (Phi) is 3.84. The average molecular weight is 168 g/mol. The van der Waals surface area contributed by atoms with Crippen LogP contribution in [0.1, 0.15) is 12.1 Å². The predicted octanol–water partition coefficient (Wildman–Crippen LogP) is 0.372. The summed E-state index contributed by atoms with van der Waals surface area (Å²) in [5, 5.41) is 8.65. The van der Waals surface area contributed by atoms with Crippen molar-refractivity contribution in [2.75, 3.05) is 13.2 Å². The van der Waals surface area contributed by atoms with Gasteiger partial charge in [-0.1, -0.05) is 0 Å². The molecule has 0 aromatic carbocycles. The molecule has 3 nitrogen and oxygen atoms in total. The summed E-state index contributed by atoms with van der Waals surface area (Å²) < 4.78 is 2.14. The Morgan fingerprint density at radius 3 is 3.00 bits per heavy atom. The molecule has 0 bridgehead atoms. The lowest BCUT2D eigenvalue weighted by Crippen LogP contribution is -2.09. The highest BCUT2D eigenvalue weighted by atomic mass is 16.3. The van der Waals surface area contributed by atoms with Gasteiger partial charge < -0.3 is 15.4 Å². The Balaban J connectivity index is 2.51. The van der Waals surface area contributed by atoms with E-state index < -0.39 is 0 Å². The number of aliphatic hydroxyl groups is 1. The first-order valence-electron chi connectivity index (χ1n) is 4.33. The normalized spacial score (nSPS) is 10.5. The maximum Gasteiger partial charge on any atom is 0.0448 e. The van der Waals surface area contributed by atoms with Gasteiger partial charge in [-0.2, -0.15) is 0 Å². The van der Waals surface area contributed by atoms with Crippen LogP contribution >= 0.6 is 0 Å². The standard InChI is InChI=1S/C9H16N2O/c10-5-4-9-3-1-6-11(9)7-2-8-12/h1,3,6,12H,2,4-5,7-8,10H2. The van der Waals surface area contributed by atoms with Gasteiger partial charge in [0.1, 0.15) is 0 Å². The molecule has 0 aliphatic heterocycles. The summed E-state index contributed by atoms with van der Waals surface area (Å²) in [5.74, 6) is 0. The van der Waals surface area contributed by atoms with E-state index in [9.17, 15) is 0 Å². The molecule has 68 valence electrons. The molecule has 3 N–H and O–H groups in total. The molecule has 0 aliphatic carbocycles. The highest BCUT2D eigenvalue weighted by molar-refractivity contribution is 5.07. The number of aryl methyl sites for hydroxylation is 1. The lowest BCUT2D eigenvalue weighted by atomic mass is 10.3. The van der Waals surface area contributed by atoms with Crippen molar-refractivity contribution in [1.29, 1.82) is 0 Å². The first-order valence-corrected chi connectivity index (χ1v) is 4.33. The number of aromatic nitrogens is 1. The first kappa shape index (κ1) is 9.29. The third kappa shape index (κ3) is 2.36. The number of nitrogens with two attached hydrogens (primary N) is 1. The van der Waals surface area contributed by atoms with E-state index in [1.165, 1.54) is 5.69 Å². The average Bonchev–Trinajstić information content (AvgIpc) is 2.50. The summed E-state index contributed by atoms with van der Waals surface area (Å²) in [5.41, 5.74) is 6.71. The molecular weight excluding hydrogens is 152 g/mol. The van der Waals surface area contributed by atoms with Gasteiger partial charge in [0.2, 0.25) is 0 Å². The smallest absolute Gasteiger partial charge is 0.0448 e. The summed E-state index contributed by atoms with van der Waals surface area (Å²) in [6, 6.07) is 4.09. The number of aliphatic hydroxyl groups excluding tert-OH is 1. The Bertz CT molecular complexity index is 220. The minimum Gasteiger partial charge on any atom is -0.396 e. The van der Waals surface area contributed by atoms with Gasteiger partial charge in [0.15, 0.2) is 0 Å². The molecular formula is C9H16N2O. The van der Waals surface area contributed by atoms with Gasteiger partial charge in [0, 0.05) is 25.0 Å². The largest absolute Gasteiger partial charge is 0.396 e. The van der Waals surface area contributed by atoms with Crippen LogP contribution in [0.5, 0.6) is 0 Å². The van der Waals surface area contributed by atoms with E-state index >= 15 is 0 Å². The van der Waals surface area contributed by atoms with Gasteiger partial charge in [0.25, 0.3) is 0 Å². The molecule has 0 amide bonds. The van der Waals surface area contributed by atoms with Gasteiger partial charge in [0.05, 0.1) is 0 Å². The van der Waals surface area contributed by atoms with E-state index in [1.807, 2.05) is 12.3 Å². The molecule has 1 heterocycles. The summed E-state index contributed by atoms with van der Waals surface area (Å²) in [4.78, 5) is 0. The molecule has 0 saturated carbocycles. The third-order valence-electron chi connectivity index (χ3n) is 1.88. The number of hydrogen-bond donors (Lipinski definition) is 2. The van der Waals surface area contributed by atoms with Crippen LogP contribution in [-0.2, 0) is 13.0 Å². The highest BCUT2D eigenvalue weighted by Crippen LogP contribution is 2.03. The maximum absolute atomic E-state index is 8.65. The van der Waals surface area contributed by atoms with Gasteiger partial charge in [-0.15, -0.1) is 0 Å². The lowest BCUT2D eigenvalue weighted by molar-refractivity contribution is 0.279. The van der Waals surface area contributed by atoms with Gasteiger partial charge in [-0.05, 0) is 31.5 Å². The summed E-state index contributed by atoms with van der Waals surface area (Å²) in [6.07, 6.45) is 3.76. The minimum absolute atomic E-state index is 0.250. The van der Waals surface area contributed by atoms with Crippen LogP contribution in [-0.4, -0.2) is 22.8 Å². The zero-order valence-electron chi connectivity index (χ0n) is 7.24. The molecule has 0 spiro atoms. The zero-order chi connectivity index (χ0) is 8.81. The molecule has 0 aliphatic rings. The van der Waals surface area contributed by atoms with E-state index in [1.54, 1.807) is 0 Å². The molecule has 1 aromatic rings. The fourth-order valence-electron chi connectivity index (χ4n) is 1.28. The molecule has 0 fully saturated rings. The van der Waals surface area contributed by atoms with E-state index in [0.717, 1.165) is 19.4 Å². The molecule has 1 aromatic heterocycles. The Morgan fingerprint density at radius 1 is 1.50 bits per heavy atom. The SMILES string of the molecule is NCCc1cccn1CCCO. The third-order valence-corrected chi connectivity index (χ3v) is 1.88. The van der Waals surface area contributed by atoms with E-state index in [0.29, 0.717) is 6.54 Å². The number of rotatable bonds is 5. The van der Waals surface area contributed by atoms with Crippen molar-refractivity contribution < 1.29 is 5.11 Å². The van der Waals surface area contributed by atoms with Crippen molar-refractivity contribution in [2.45, 2.75) is 19.4 Å². The second-order valence-corrected chi connectivity index (χ2v) is 2.81. The lowest BCUT2D eigenvalue weighted by Gasteiger charge is -2.06. The maximum atomic E-state index is 8.65. The summed E-state index contributed by atoms with van der Waals surface area (Å²) in [7, 11) is 0. The summed E-state index contributed by atoms with van der Waals surface area (Å²) in [6.45, 7) is 1.82. The van der Waals surface area contributed by atoms with Crippen molar-refractivity contribution in [3.63, 3.8) is 0 Å². The molecule has 0 radical (unpaired) electrons. The molecule has 12 heavy (non-hydrogen) atoms. The Morgan fingerprint density at radius 2 is 2.33 bits per heavy atom. The minimum atomic E-state index is 0.250. The van der Waals surface area contributed by atoms with Gasteiger partial charge >= 0.3 is 0 Å². The van der Waals surface area contributed by atoms with Crippen LogP contribution in [0.3, 0.4) is 0 Å². The van der Waals surface area contributed by atoms with Gasteiger partial charge in [-0.3, -0.25) is 0 Å². The number of nitrogens with zero attached hydrogens (tertiary/aromatic N) is 1. The van der Waals surface area contributed by atoms with Crippen molar-refractivity contribution >= 4 is 0 Å². The van der Waals surface area contributed by atoms with Crippen LogP contribution in [0.25, 0.3) is 0 Å². The molecule has 0 saturated heterocycles. The fraction of sp³-hybridized carbons (Fsp3) is 0.556. The highest BCUT2D eigenvalue weighted by Gasteiger charge is 1.97. The van der Waals surface area contributed by atoms with Crippen molar-refractivity contribution in [3.05, 3.63) is 24.0 Å². The molecule has 3 heteroatoms. The van der Waals surface area contributed by atoms with Crippen LogP contribution < -0.4 is 5.73 Å². The van der Waals surface area contributed by atoms with Crippen LogP contribution in [0.15, 0.2) is 18.3 Å². The molecule has 0 atom stereocenters. The van der Waals surface area contributed by atoms with E-state index in [4.69, 9.17) is 10.8 Å². The zero-order valence-corrected chi connectivity index (χ0v) is 7.24. The second-order valence-electron chi connectivity index (χ2n) is 2.81. The van der Waals surface area contributed by atoms with Crippen molar-refractivity contribution in [2.24, 2.45) is 5.73 Å². The monoisotopic (exact) mass is 168 g/mol. The second kappa shape index (κ2) is 4.95. The number of hydrogen-bond acceptors (Lipinski definition) is 2. The quantitative estimate of drug-likeness (QED) is 0.667. The Labute approximate surface area is 72.8 Å². The van der Waals surface area contributed by atoms with Crippen molar-refractivity contribution in [1.82, 2.24) is 4.57 Å². The molecule has 1 rings (SSSR count). The first-order chi connectivity index (χ1) is 5.88. The van der Waals surface area contributed by atoms with E-state index in [2.05, 4.69) is 10.6 Å². The van der Waals surface area contributed by atoms with Crippen LogP contribution in [0, 0.1) is 0 Å². The van der Waals surface area contributed by atoms with Crippen LogP contribution in [0.4, 0.5) is 0 Å². The van der Waals surface area contributed by atoms with Crippen LogP contribution in [0.2, 0.25) is 0 Å². The predicted molar refractivity (Wildman–Crippen MR) is 48.9 cm³/mol. The van der Waals surface area contributed by atoms with Gasteiger partial charge in [-0.25, -0.2) is 0 Å². The fourth-order valence-corrected chi connectivity index (χ4v) is 1.28. The topological polar surface area (TPSA) is 51.2 Å². The Hall–Kier alpha value is -0.800. The summed E-state index contributed by atoms with van der Waals surface area (Å²) >= 11 is 0.